The fourth-order valence-corrected chi connectivity index (χ4v) is 5.44. The fourth-order valence-electron chi connectivity index (χ4n) is 2.53. The Balaban J connectivity index is 5.46. The second-order valence-corrected chi connectivity index (χ2v) is 9.64. The van der Waals surface area contributed by atoms with Crippen LogP contribution in [0.4, 0.5) is 0 Å². The highest BCUT2D eigenvalue weighted by atomic mass is 28.4. The maximum atomic E-state index is 11.7. The molecule has 2 unspecified atom stereocenters. The van der Waals surface area contributed by atoms with Crippen LogP contribution in [0.15, 0.2) is 0 Å². The SMILES string of the molecule is CCCCO[Si](OCCCC)(OCCCC)C(CC)OC(CC)OC(=O)CC. The quantitative estimate of drug-likeness (QED) is 0.121. The van der Waals surface area contributed by atoms with Crippen LogP contribution in [-0.2, 0) is 27.5 Å². The zero-order valence-corrected chi connectivity index (χ0v) is 20.1. The van der Waals surface area contributed by atoms with Gasteiger partial charge in [0.15, 0.2) is 0 Å². The van der Waals surface area contributed by atoms with Gasteiger partial charge in [-0.05, 0) is 25.7 Å². The number of carbonyl (C=O) groups excluding carboxylic acids is 1. The van der Waals surface area contributed by atoms with Gasteiger partial charge in [-0.3, -0.25) is 4.79 Å². The van der Waals surface area contributed by atoms with Gasteiger partial charge in [0.05, 0.1) is 0 Å². The zero-order valence-electron chi connectivity index (χ0n) is 19.1. The van der Waals surface area contributed by atoms with Crippen LogP contribution in [0, 0.1) is 0 Å². The average Bonchev–Trinajstić information content (AvgIpc) is 2.71. The van der Waals surface area contributed by atoms with E-state index in [0.29, 0.717) is 39.1 Å². The lowest BCUT2D eigenvalue weighted by atomic mass is 10.4. The highest BCUT2D eigenvalue weighted by Crippen LogP contribution is 2.25. The van der Waals surface area contributed by atoms with E-state index in [1.54, 1.807) is 6.92 Å². The number of ether oxygens (including phenoxy) is 2. The van der Waals surface area contributed by atoms with Gasteiger partial charge in [-0.15, -0.1) is 0 Å². The van der Waals surface area contributed by atoms with Gasteiger partial charge >= 0.3 is 14.8 Å². The maximum Gasteiger partial charge on any atom is 0.531 e. The topological polar surface area (TPSA) is 63.2 Å². The molecule has 0 aliphatic rings. The first kappa shape index (κ1) is 27.5. The van der Waals surface area contributed by atoms with Crippen molar-refractivity contribution in [2.45, 2.75) is 111 Å². The van der Waals surface area contributed by atoms with Gasteiger partial charge in [0.2, 0.25) is 6.29 Å². The number of esters is 1. The Morgan fingerprint density at radius 3 is 1.54 bits per heavy atom. The Labute approximate surface area is 174 Å². The van der Waals surface area contributed by atoms with E-state index in [0.717, 1.165) is 38.5 Å². The van der Waals surface area contributed by atoms with Crippen LogP contribution in [0.3, 0.4) is 0 Å². The zero-order chi connectivity index (χ0) is 21.3. The molecule has 0 aromatic rings. The van der Waals surface area contributed by atoms with Crippen LogP contribution < -0.4 is 0 Å². The van der Waals surface area contributed by atoms with E-state index in [-0.39, 0.29) is 11.7 Å². The summed E-state index contributed by atoms with van der Waals surface area (Å²) in [7, 11) is -3.09. The van der Waals surface area contributed by atoms with E-state index in [9.17, 15) is 4.79 Å². The summed E-state index contributed by atoms with van der Waals surface area (Å²) in [4.78, 5) is 11.7. The van der Waals surface area contributed by atoms with E-state index in [2.05, 4.69) is 20.8 Å². The second kappa shape index (κ2) is 17.4. The minimum absolute atomic E-state index is 0.264. The Morgan fingerprint density at radius 2 is 1.21 bits per heavy atom. The largest absolute Gasteiger partial charge is 0.531 e. The molecule has 6 nitrogen and oxygen atoms in total. The first-order valence-electron chi connectivity index (χ1n) is 11.3. The Bertz CT molecular complexity index is 353. The molecule has 0 bridgehead atoms. The van der Waals surface area contributed by atoms with Gasteiger partial charge < -0.3 is 22.8 Å². The smallest absolute Gasteiger partial charge is 0.436 e. The maximum absolute atomic E-state index is 11.7. The molecule has 7 heteroatoms. The monoisotopic (exact) mass is 420 g/mol. The summed E-state index contributed by atoms with van der Waals surface area (Å²) in [5, 5.41) is 0. The lowest BCUT2D eigenvalue weighted by Crippen LogP contribution is -2.58. The summed E-state index contributed by atoms with van der Waals surface area (Å²) in [5.41, 5.74) is -0.354. The Hall–Kier alpha value is -0.473. The first-order chi connectivity index (χ1) is 13.5. The number of rotatable bonds is 19. The summed E-state index contributed by atoms with van der Waals surface area (Å²) in [6, 6.07) is 0. The third-order valence-electron chi connectivity index (χ3n) is 4.37. The van der Waals surface area contributed by atoms with Gasteiger partial charge in [-0.2, -0.15) is 0 Å². The summed E-state index contributed by atoms with van der Waals surface area (Å²) >= 11 is 0. The van der Waals surface area contributed by atoms with Crippen LogP contribution in [-0.4, -0.2) is 46.6 Å². The van der Waals surface area contributed by atoms with Gasteiger partial charge in [-0.1, -0.05) is 60.8 Å². The molecule has 0 radical (unpaired) electrons. The molecule has 0 aromatic carbocycles. The van der Waals surface area contributed by atoms with Gasteiger partial charge in [-0.25, -0.2) is 0 Å². The molecule has 0 spiro atoms. The summed E-state index contributed by atoms with van der Waals surface area (Å²) in [5.74, 6) is -0.264. The van der Waals surface area contributed by atoms with Crippen molar-refractivity contribution < 1.29 is 27.5 Å². The highest BCUT2D eigenvalue weighted by molar-refractivity contribution is 6.62. The summed E-state index contributed by atoms with van der Waals surface area (Å²) in [6.45, 7) is 13.9. The molecule has 0 amide bonds. The molecule has 0 saturated heterocycles. The molecule has 0 aliphatic carbocycles. The van der Waals surface area contributed by atoms with Gasteiger partial charge in [0.1, 0.15) is 5.73 Å². The lowest BCUT2D eigenvalue weighted by molar-refractivity contribution is -0.189. The average molecular weight is 421 g/mol. The van der Waals surface area contributed by atoms with E-state index in [4.69, 9.17) is 22.8 Å². The Morgan fingerprint density at radius 1 is 0.750 bits per heavy atom. The molecular weight excluding hydrogens is 376 g/mol. The summed E-state index contributed by atoms with van der Waals surface area (Å²) < 4.78 is 30.6. The molecule has 0 heterocycles. The predicted molar refractivity (Wildman–Crippen MR) is 114 cm³/mol. The lowest BCUT2D eigenvalue weighted by Gasteiger charge is -2.37. The Kier molecular flexibility index (Phi) is 17.1. The van der Waals surface area contributed by atoms with Crippen LogP contribution in [0.5, 0.6) is 0 Å². The van der Waals surface area contributed by atoms with E-state index >= 15 is 0 Å². The number of hydrogen-bond acceptors (Lipinski definition) is 6. The summed E-state index contributed by atoms with van der Waals surface area (Å²) in [6.07, 6.45) is 6.93. The fraction of sp³-hybridized carbons (Fsp3) is 0.952. The van der Waals surface area contributed by atoms with Crippen LogP contribution in [0.1, 0.15) is 99.3 Å². The number of unbranched alkanes of at least 4 members (excludes halogenated alkanes) is 3. The van der Waals surface area contributed by atoms with Crippen LogP contribution in [0.2, 0.25) is 0 Å². The van der Waals surface area contributed by atoms with Crippen molar-refractivity contribution in [2.24, 2.45) is 0 Å². The third-order valence-corrected chi connectivity index (χ3v) is 7.52. The molecule has 2 atom stereocenters. The first-order valence-corrected chi connectivity index (χ1v) is 13.1. The van der Waals surface area contributed by atoms with Gasteiger partial charge in [0, 0.05) is 32.7 Å². The highest BCUT2D eigenvalue weighted by Gasteiger charge is 2.51. The van der Waals surface area contributed by atoms with Crippen molar-refractivity contribution in [3.63, 3.8) is 0 Å². The van der Waals surface area contributed by atoms with E-state index < -0.39 is 15.1 Å². The number of hydrogen-bond donors (Lipinski definition) is 0. The van der Waals surface area contributed by atoms with E-state index in [1.807, 2.05) is 13.8 Å². The molecule has 0 aromatic heterocycles. The molecule has 0 aliphatic heterocycles. The van der Waals surface area contributed by atoms with Crippen molar-refractivity contribution in [1.82, 2.24) is 0 Å². The minimum Gasteiger partial charge on any atom is -0.436 e. The molecular formula is C21H44O6Si. The molecule has 0 N–H and O–H groups in total. The van der Waals surface area contributed by atoms with Crippen LogP contribution >= 0.6 is 0 Å². The van der Waals surface area contributed by atoms with Crippen molar-refractivity contribution >= 4 is 14.8 Å². The molecule has 0 fully saturated rings. The van der Waals surface area contributed by atoms with Crippen molar-refractivity contribution in [3.8, 4) is 0 Å². The van der Waals surface area contributed by atoms with Gasteiger partial charge in [0.25, 0.3) is 0 Å². The normalized spacial score (nSPS) is 14.1. The molecule has 168 valence electrons. The molecule has 28 heavy (non-hydrogen) atoms. The number of carbonyl (C=O) groups is 1. The minimum atomic E-state index is -3.09. The van der Waals surface area contributed by atoms with Crippen LogP contribution in [0.25, 0.3) is 0 Å². The third kappa shape index (κ3) is 10.9. The van der Waals surface area contributed by atoms with E-state index in [1.165, 1.54) is 0 Å². The predicted octanol–water partition coefficient (Wildman–Crippen LogP) is 5.40. The van der Waals surface area contributed by atoms with Crippen molar-refractivity contribution in [2.75, 3.05) is 19.8 Å². The molecule has 0 rings (SSSR count). The standard InChI is InChI=1S/C21H44O6Si/c1-7-13-16-23-28(24-17-14-8-2,25-18-15-9-3)21(12-6)27-20(11-5)26-19(22)10-4/h20-21H,7-18H2,1-6H3. The van der Waals surface area contributed by atoms with Crippen molar-refractivity contribution in [3.05, 3.63) is 0 Å². The second-order valence-electron chi connectivity index (χ2n) is 6.92. The molecule has 0 saturated carbocycles. The van der Waals surface area contributed by atoms with Crippen molar-refractivity contribution in [1.29, 1.82) is 0 Å².